The summed E-state index contributed by atoms with van der Waals surface area (Å²) in [6.45, 7) is 0.113. The van der Waals surface area contributed by atoms with Crippen LogP contribution in [0.25, 0.3) is 0 Å². The van der Waals surface area contributed by atoms with Gasteiger partial charge in [0.25, 0.3) is 0 Å². The second-order valence-corrected chi connectivity index (χ2v) is 9.76. The average molecular weight is 488 g/mol. The molecule has 0 aromatic heterocycles. The molecule has 2 unspecified atom stereocenters. The minimum atomic E-state index is -4.31. The Labute approximate surface area is 198 Å². The molecule has 3 rings (SSSR count). The zero-order valence-electron chi connectivity index (χ0n) is 18.9. The summed E-state index contributed by atoms with van der Waals surface area (Å²) in [6, 6.07) is 18.4. The number of sulfonamides is 1. The van der Waals surface area contributed by atoms with Crippen LogP contribution in [-0.2, 0) is 21.2 Å². The fourth-order valence-corrected chi connectivity index (χ4v) is 4.86. The van der Waals surface area contributed by atoms with Crippen molar-refractivity contribution >= 4 is 15.9 Å². The Hall–Kier alpha value is -3.14. The van der Waals surface area contributed by atoms with E-state index >= 15 is 0 Å². The summed E-state index contributed by atoms with van der Waals surface area (Å²) in [5.74, 6) is -1.88. The first-order chi connectivity index (χ1) is 16.2. The lowest BCUT2D eigenvalue weighted by Gasteiger charge is -2.26. The molecule has 9 heteroatoms. The average Bonchev–Trinajstić information content (AvgIpc) is 2.79. The van der Waals surface area contributed by atoms with Gasteiger partial charge in [-0.15, -0.1) is 0 Å². The molecule has 6 nitrogen and oxygen atoms in total. The van der Waals surface area contributed by atoms with Crippen molar-refractivity contribution in [1.29, 1.82) is 0 Å². The molecule has 3 aromatic rings. The number of nitrogens with one attached hydrogen (secondary N) is 2. The van der Waals surface area contributed by atoms with Gasteiger partial charge in [-0.25, -0.2) is 17.2 Å². The first-order valence-corrected chi connectivity index (χ1v) is 12.2. The Balaban J connectivity index is 1.82. The largest absolute Gasteiger partial charge is 0.353 e. The lowest BCUT2D eigenvalue weighted by atomic mass is 10.0. The summed E-state index contributed by atoms with van der Waals surface area (Å²) in [6.07, 6.45) is 0.0625. The molecule has 0 fully saturated rings. The number of nitrogens with zero attached hydrogens (tertiary/aromatic N) is 1. The van der Waals surface area contributed by atoms with Gasteiger partial charge in [-0.2, -0.15) is 4.72 Å². The lowest BCUT2D eigenvalue weighted by Crippen LogP contribution is -2.49. The van der Waals surface area contributed by atoms with Crippen molar-refractivity contribution in [2.75, 3.05) is 20.6 Å². The maximum atomic E-state index is 14.2. The molecule has 0 aliphatic carbocycles. The SMILES string of the molecule is CN(C)C(CNC(=O)C(Cc1ccccc1)NS(=O)(=O)c1ccccc1F)c1cccc(F)c1. The molecule has 0 aliphatic heterocycles. The molecule has 2 atom stereocenters. The summed E-state index contributed by atoms with van der Waals surface area (Å²) in [4.78, 5) is 14.4. The van der Waals surface area contributed by atoms with Crippen molar-refractivity contribution in [3.05, 3.63) is 102 Å². The van der Waals surface area contributed by atoms with Crippen LogP contribution in [0.3, 0.4) is 0 Å². The highest BCUT2D eigenvalue weighted by molar-refractivity contribution is 7.89. The van der Waals surface area contributed by atoms with Crippen LogP contribution in [0.5, 0.6) is 0 Å². The molecular weight excluding hydrogens is 460 g/mol. The Morgan fingerprint density at radius 3 is 2.26 bits per heavy atom. The van der Waals surface area contributed by atoms with Crippen molar-refractivity contribution < 1.29 is 22.0 Å². The molecular formula is C25H27F2N3O3S. The van der Waals surface area contributed by atoms with E-state index in [0.717, 1.165) is 17.7 Å². The number of halogens is 2. The fraction of sp³-hybridized carbons (Fsp3) is 0.240. The van der Waals surface area contributed by atoms with Crippen LogP contribution >= 0.6 is 0 Å². The number of carbonyl (C=O) groups is 1. The van der Waals surface area contributed by atoms with E-state index in [2.05, 4.69) is 10.0 Å². The number of carbonyl (C=O) groups excluding carboxylic acids is 1. The summed E-state index contributed by atoms with van der Waals surface area (Å²) in [7, 11) is -0.722. The van der Waals surface area contributed by atoms with Gasteiger partial charge in [0.2, 0.25) is 15.9 Å². The first-order valence-electron chi connectivity index (χ1n) is 10.7. The van der Waals surface area contributed by atoms with Gasteiger partial charge in [0.15, 0.2) is 0 Å². The van der Waals surface area contributed by atoms with Crippen LogP contribution < -0.4 is 10.0 Å². The zero-order valence-corrected chi connectivity index (χ0v) is 19.7. The van der Waals surface area contributed by atoms with E-state index in [9.17, 15) is 22.0 Å². The van der Waals surface area contributed by atoms with Gasteiger partial charge >= 0.3 is 0 Å². The molecule has 0 bridgehead atoms. The molecule has 0 radical (unpaired) electrons. The Kier molecular flexibility index (Phi) is 8.49. The van der Waals surface area contributed by atoms with Gasteiger partial charge in [-0.3, -0.25) is 4.79 Å². The number of benzene rings is 3. The lowest BCUT2D eigenvalue weighted by molar-refractivity contribution is -0.122. The van der Waals surface area contributed by atoms with Crippen molar-refractivity contribution in [2.24, 2.45) is 0 Å². The number of rotatable bonds is 10. The highest BCUT2D eigenvalue weighted by Gasteiger charge is 2.28. The summed E-state index contributed by atoms with van der Waals surface area (Å²) in [5, 5.41) is 2.77. The van der Waals surface area contributed by atoms with Crippen molar-refractivity contribution in [3.8, 4) is 0 Å². The third-order valence-electron chi connectivity index (χ3n) is 5.35. The van der Waals surface area contributed by atoms with Crippen LogP contribution in [0.1, 0.15) is 17.2 Å². The second-order valence-electron chi connectivity index (χ2n) is 8.07. The predicted octanol–water partition coefficient (Wildman–Crippen LogP) is 3.27. The van der Waals surface area contributed by atoms with Gasteiger partial charge in [-0.1, -0.05) is 54.6 Å². The molecule has 1 amide bonds. The third kappa shape index (κ3) is 6.69. The maximum Gasteiger partial charge on any atom is 0.244 e. The summed E-state index contributed by atoms with van der Waals surface area (Å²) >= 11 is 0. The number of hydrogen-bond donors (Lipinski definition) is 2. The van der Waals surface area contributed by atoms with E-state index in [1.807, 2.05) is 11.0 Å². The van der Waals surface area contributed by atoms with Gasteiger partial charge < -0.3 is 10.2 Å². The molecule has 2 N–H and O–H groups in total. The Morgan fingerprint density at radius 2 is 1.62 bits per heavy atom. The van der Waals surface area contributed by atoms with Crippen molar-refractivity contribution in [1.82, 2.24) is 14.9 Å². The smallest absolute Gasteiger partial charge is 0.244 e. The van der Waals surface area contributed by atoms with Crippen LogP contribution in [-0.4, -0.2) is 45.9 Å². The predicted molar refractivity (Wildman–Crippen MR) is 126 cm³/mol. The highest BCUT2D eigenvalue weighted by atomic mass is 32.2. The Morgan fingerprint density at radius 1 is 0.941 bits per heavy atom. The van der Waals surface area contributed by atoms with E-state index < -0.39 is 38.5 Å². The van der Waals surface area contributed by atoms with Gasteiger partial charge in [0, 0.05) is 6.54 Å². The molecule has 0 saturated carbocycles. The van der Waals surface area contributed by atoms with Gasteiger partial charge in [0.1, 0.15) is 22.6 Å². The molecule has 34 heavy (non-hydrogen) atoms. The van der Waals surface area contributed by atoms with E-state index in [-0.39, 0.29) is 19.0 Å². The van der Waals surface area contributed by atoms with Crippen LogP contribution in [0.2, 0.25) is 0 Å². The molecule has 0 spiro atoms. The normalized spacial score (nSPS) is 13.4. The monoisotopic (exact) mass is 487 g/mol. The van der Waals surface area contributed by atoms with E-state index in [1.54, 1.807) is 50.5 Å². The highest BCUT2D eigenvalue weighted by Crippen LogP contribution is 2.19. The molecule has 0 aliphatic rings. The van der Waals surface area contributed by atoms with Crippen LogP contribution in [0.4, 0.5) is 8.78 Å². The van der Waals surface area contributed by atoms with E-state index in [4.69, 9.17) is 0 Å². The van der Waals surface area contributed by atoms with Crippen LogP contribution in [0, 0.1) is 11.6 Å². The van der Waals surface area contributed by atoms with E-state index in [1.165, 1.54) is 24.3 Å². The molecule has 180 valence electrons. The summed E-state index contributed by atoms with van der Waals surface area (Å²) in [5.41, 5.74) is 1.39. The molecule has 0 saturated heterocycles. The molecule has 3 aromatic carbocycles. The first kappa shape index (κ1) is 25.5. The number of likely N-dealkylation sites (N-methyl/N-ethyl adjacent to an activating group) is 1. The number of hydrogen-bond acceptors (Lipinski definition) is 4. The van der Waals surface area contributed by atoms with Crippen molar-refractivity contribution in [3.63, 3.8) is 0 Å². The molecule has 0 heterocycles. The minimum absolute atomic E-state index is 0.0625. The maximum absolute atomic E-state index is 14.2. The summed E-state index contributed by atoms with van der Waals surface area (Å²) < 4.78 is 56.0. The quantitative estimate of drug-likeness (QED) is 0.460. The second kappa shape index (κ2) is 11.3. The van der Waals surface area contributed by atoms with Gasteiger partial charge in [0.05, 0.1) is 6.04 Å². The van der Waals surface area contributed by atoms with E-state index in [0.29, 0.717) is 5.56 Å². The van der Waals surface area contributed by atoms with Gasteiger partial charge in [-0.05, 0) is 55.9 Å². The number of amides is 1. The third-order valence-corrected chi connectivity index (χ3v) is 6.85. The van der Waals surface area contributed by atoms with Crippen LogP contribution in [0.15, 0.2) is 83.8 Å². The minimum Gasteiger partial charge on any atom is -0.353 e. The topological polar surface area (TPSA) is 78.5 Å². The Bertz CT molecular complexity index is 1220. The standard InChI is InChI=1S/C25H27F2N3O3S/c1-30(2)23(19-11-8-12-20(26)16-19)17-28-25(31)22(15-18-9-4-3-5-10-18)29-34(32,33)24-14-7-6-13-21(24)27/h3-14,16,22-23,29H,15,17H2,1-2H3,(H,28,31). The fourth-order valence-electron chi connectivity index (χ4n) is 3.58. The van der Waals surface area contributed by atoms with Crippen molar-refractivity contribution in [2.45, 2.75) is 23.4 Å². The zero-order chi connectivity index (χ0) is 24.7.